The molecule has 3 unspecified atom stereocenters. The van der Waals surface area contributed by atoms with E-state index in [0.29, 0.717) is 16.9 Å². The molecule has 0 bridgehead atoms. The molecule has 0 aliphatic carbocycles. The minimum atomic E-state index is -0.326. The first-order valence-corrected chi connectivity index (χ1v) is 6.91. The van der Waals surface area contributed by atoms with Crippen LogP contribution in [-0.2, 0) is 4.79 Å². The van der Waals surface area contributed by atoms with E-state index in [-0.39, 0.29) is 17.7 Å². The number of likely N-dealkylation sites (N-methyl/N-ethyl adjacent to an activating group) is 1. The topological polar surface area (TPSA) is 49.6 Å². The molecule has 1 rings (SSSR count). The second-order valence-corrected chi connectivity index (χ2v) is 6.35. The van der Waals surface area contributed by atoms with Crippen LogP contribution < -0.4 is 5.73 Å². The molecule has 18 heavy (non-hydrogen) atoms. The maximum absolute atomic E-state index is 12.5. The van der Waals surface area contributed by atoms with E-state index >= 15 is 0 Å². The van der Waals surface area contributed by atoms with Crippen molar-refractivity contribution < 1.29 is 4.79 Å². The van der Waals surface area contributed by atoms with Crippen LogP contribution in [0.5, 0.6) is 0 Å². The number of nitrogens with zero attached hydrogens (tertiary/aromatic N) is 2. The third-order valence-electron chi connectivity index (χ3n) is 3.79. The summed E-state index contributed by atoms with van der Waals surface area (Å²) in [6, 6.07) is 0.424. The normalized spacial score (nSPS) is 25.8. The smallest absolute Gasteiger partial charge is 0.232 e. The van der Waals surface area contributed by atoms with Crippen molar-refractivity contribution in [2.45, 2.75) is 26.8 Å². The lowest BCUT2D eigenvalue weighted by atomic mass is 9.94. The molecule has 1 saturated heterocycles. The maximum atomic E-state index is 12.5. The van der Waals surface area contributed by atoms with Crippen LogP contribution in [-0.4, -0.2) is 53.9 Å². The van der Waals surface area contributed by atoms with E-state index in [1.165, 1.54) is 0 Å². The van der Waals surface area contributed by atoms with E-state index in [9.17, 15) is 4.79 Å². The Balaban J connectivity index is 2.77. The fourth-order valence-corrected chi connectivity index (χ4v) is 3.11. The van der Waals surface area contributed by atoms with Crippen LogP contribution >= 0.6 is 12.2 Å². The fourth-order valence-electron chi connectivity index (χ4n) is 2.73. The van der Waals surface area contributed by atoms with Crippen molar-refractivity contribution in [1.82, 2.24) is 9.80 Å². The van der Waals surface area contributed by atoms with E-state index in [1.807, 2.05) is 18.7 Å². The van der Waals surface area contributed by atoms with Gasteiger partial charge in [0.2, 0.25) is 5.91 Å². The number of carbonyl (C=O) groups is 1. The quantitative estimate of drug-likeness (QED) is 0.774. The van der Waals surface area contributed by atoms with E-state index in [0.717, 1.165) is 13.1 Å². The fraction of sp³-hybridized carbons (Fsp3) is 0.846. The Morgan fingerprint density at radius 1 is 1.39 bits per heavy atom. The van der Waals surface area contributed by atoms with Gasteiger partial charge in [-0.25, -0.2) is 0 Å². The van der Waals surface area contributed by atoms with E-state index < -0.39 is 0 Å². The van der Waals surface area contributed by atoms with Gasteiger partial charge >= 0.3 is 0 Å². The molecule has 0 aromatic heterocycles. The summed E-state index contributed by atoms with van der Waals surface area (Å²) in [7, 11) is 4.12. The monoisotopic (exact) mass is 271 g/mol. The molecule has 4 nitrogen and oxygen atoms in total. The zero-order valence-electron chi connectivity index (χ0n) is 12.0. The van der Waals surface area contributed by atoms with Crippen molar-refractivity contribution in [3.8, 4) is 0 Å². The van der Waals surface area contributed by atoms with Crippen molar-refractivity contribution in [3.05, 3.63) is 0 Å². The van der Waals surface area contributed by atoms with Crippen LogP contribution in [0.1, 0.15) is 20.8 Å². The number of carbonyl (C=O) groups excluding carboxylic acids is 1. The zero-order chi connectivity index (χ0) is 14.0. The number of nitrogens with two attached hydrogens (primary N) is 1. The van der Waals surface area contributed by atoms with Crippen LogP contribution in [0, 0.1) is 17.8 Å². The van der Waals surface area contributed by atoms with Gasteiger partial charge in [-0.05, 0) is 25.9 Å². The SMILES string of the molecule is CC(C)C(C(=O)N1CC(C)C(N(C)C)C1)C(N)=S. The third-order valence-corrected chi connectivity index (χ3v) is 4.04. The molecule has 0 aromatic rings. The van der Waals surface area contributed by atoms with Crippen molar-refractivity contribution >= 4 is 23.1 Å². The van der Waals surface area contributed by atoms with Crippen LogP contribution in [0.25, 0.3) is 0 Å². The number of hydrogen-bond donors (Lipinski definition) is 1. The van der Waals surface area contributed by atoms with Crippen molar-refractivity contribution in [3.63, 3.8) is 0 Å². The summed E-state index contributed by atoms with van der Waals surface area (Å²) in [6.07, 6.45) is 0. The first-order valence-electron chi connectivity index (χ1n) is 6.50. The molecule has 104 valence electrons. The maximum Gasteiger partial charge on any atom is 0.232 e. The van der Waals surface area contributed by atoms with E-state index in [4.69, 9.17) is 18.0 Å². The number of rotatable bonds is 4. The van der Waals surface area contributed by atoms with Gasteiger partial charge in [0.25, 0.3) is 0 Å². The van der Waals surface area contributed by atoms with Crippen molar-refractivity contribution in [1.29, 1.82) is 0 Å². The molecule has 0 radical (unpaired) electrons. The molecule has 1 aliphatic rings. The van der Waals surface area contributed by atoms with Gasteiger partial charge in [0.1, 0.15) is 0 Å². The predicted molar refractivity (Wildman–Crippen MR) is 78.3 cm³/mol. The van der Waals surface area contributed by atoms with Gasteiger partial charge < -0.3 is 15.5 Å². The first-order chi connectivity index (χ1) is 8.25. The Hall–Kier alpha value is -0.680. The molecular formula is C13H25N3OS. The molecule has 5 heteroatoms. The average Bonchev–Trinajstić information content (AvgIpc) is 2.59. The highest BCUT2D eigenvalue weighted by molar-refractivity contribution is 7.80. The summed E-state index contributed by atoms with van der Waals surface area (Å²) in [5.74, 6) is 0.411. The van der Waals surface area contributed by atoms with E-state index in [2.05, 4.69) is 25.9 Å². The Labute approximate surface area is 115 Å². The molecule has 0 saturated carbocycles. The van der Waals surface area contributed by atoms with Gasteiger partial charge in [0.05, 0.1) is 10.9 Å². The van der Waals surface area contributed by atoms with Crippen LogP contribution in [0.4, 0.5) is 0 Å². The van der Waals surface area contributed by atoms with Gasteiger partial charge in [-0.1, -0.05) is 33.0 Å². The largest absolute Gasteiger partial charge is 0.393 e. The molecule has 0 spiro atoms. The Kier molecular flexibility index (Phi) is 5.10. The summed E-state index contributed by atoms with van der Waals surface area (Å²) >= 11 is 5.04. The zero-order valence-corrected chi connectivity index (χ0v) is 12.8. The highest BCUT2D eigenvalue weighted by atomic mass is 32.1. The Bertz CT molecular complexity index is 330. The summed E-state index contributed by atoms with van der Waals surface area (Å²) in [4.78, 5) is 16.9. The lowest BCUT2D eigenvalue weighted by Crippen LogP contribution is -2.43. The Morgan fingerprint density at radius 3 is 2.28 bits per heavy atom. The van der Waals surface area contributed by atoms with Gasteiger partial charge in [-0.15, -0.1) is 0 Å². The number of hydrogen-bond acceptors (Lipinski definition) is 3. The first kappa shape index (κ1) is 15.4. The highest BCUT2D eigenvalue weighted by Gasteiger charge is 2.37. The molecule has 2 N–H and O–H groups in total. The molecular weight excluding hydrogens is 246 g/mol. The second-order valence-electron chi connectivity index (χ2n) is 5.88. The minimum Gasteiger partial charge on any atom is -0.393 e. The highest BCUT2D eigenvalue weighted by Crippen LogP contribution is 2.24. The minimum absolute atomic E-state index is 0.0914. The summed E-state index contributed by atoms with van der Waals surface area (Å²) < 4.78 is 0. The lowest BCUT2D eigenvalue weighted by Gasteiger charge is -2.26. The number of likely N-dealkylation sites (tertiary alicyclic amines) is 1. The molecule has 1 heterocycles. The van der Waals surface area contributed by atoms with Crippen LogP contribution in [0.2, 0.25) is 0 Å². The standard InChI is InChI=1S/C13H25N3OS/c1-8(2)11(12(14)18)13(17)16-6-9(3)10(7-16)15(4)5/h8-11H,6-7H2,1-5H3,(H2,14,18). The van der Waals surface area contributed by atoms with Crippen molar-refractivity contribution in [2.24, 2.45) is 23.5 Å². The van der Waals surface area contributed by atoms with Gasteiger partial charge in [-0.3, -0.25) is 4.79 Å². The number of thiocarbonyl (C=S) groups is 1. The second kappa shape index (κ2) is 5.97. The van der Waals surface area contributed by atoms with Gasteiger partial charge in [0, 0.05) is 19.1 Å². The molecule has 0 aromatic carbocycles. The Morgan fingerprint density at radius 2 is 1.94 bits per heavy atom. The molecule has 1 amide bonds. The molecule has 1 fully saturated rings. The summed E-state index contributed by atoms with van der Waals surface area (Å²) in [5.41, 5.74) is 5.71. The van der Waals surface area contributed by atoms with Gasteiger partial charge in [0.15, 0.2) is 0 Å². The van der Waals surface area contributed by atoms with Crippen LogP contribution in [0.3, 0.4) is 0 Å². The number of amides is 1. The average molecular weight is 271 g/mol. The van der Waals surface area contributed by atoms with Gasteiger partial charge in [-0.2, -0.15) is 0 Å². The van der Waals surface area contributed by atoms with Crippen LogP contribution in [0.15, 0.2) is 0 Å². The van der Waals surface area contributed by atoms with E-state index in [1.54, 1.807) is 0 Å². The van der Waals surface area contributed by atoms with Crippen molar-refractivity contribution in [2.75, 3.05) is 27.2 Å². The lowest BCUT2D eigenvalue weighted by molar-refractivity contribution is -0.133. The molecule has 3 atom stereocenters. The summed E-state index contributed by atoms with van der Waals surface area (Å²) in [5, 5.41) is 0. The summed E-state index contributed by atoms with van der Waals surface area (Å²) in [6.45, 7) is 7.74. The molecule has 1 aliphatic heterocycles. The third kappa shape index (κ3) is 3.20. The predicted octanol–water partition coefficient (Wildman–Crippen LogP) is 0.953.